The molecule has 2 N–H and O–H groups in total. The van der Waals surface area contributed by atoms with Gasteiger partial charge in [0.05, 0.1) is 0 Å². The van der Waals surface area contributed by atoms with Gasteiger partial charge >= 0.3 is 0 Å². The monoisotopic (exact) mass is 261 g/mol. The highest BCUT2D eigenvalue weighted by Crippen LogP contribution is 2.25. The smallest absolute Gasteiger partial charge is 0.128 e. The Morgan fingerprint density at radius 2 is 2.36 bits per heavy atom. The lowest BCUT2D eigenvalue weighted by molar-refractivity contribution is 0.212. The first-order valence-corrected chi connectivity index (χ1v) is 4.56. The lowest BCUT2D eigenvalue weighted by atomic mass is 10.2. The van der Waals surface area contributed by atoms with Gasteiger partial charge in [0.15, 0.2) is 0 Å². The molecule has 0 aromatic heterocycles. The van der Waals surface area contributed by atoms with E-state index in [2.05, 4.69) is 34.0 Å². The predicted octanol–water partition coefficient (Wildman–Crippen LogP) is 1.58. The molecular formula is C8H8INO. The van der Waals surface area contributed by atoms with Crippen molar-refractivity contribution in [1.82, 2.24) is 0 Å². The van der Waals surface area contributed by atoms with Gasteiger partial charge in [0.2, 0.25) is 0 Å². The molecule has 0 aliphatic carbocycles. The Bertz CT molecular complexity index is 287. The van der Waals surface area contributed by atoms with Gasteiger partial charge in [-0.3, -0.25) is 0 Å². The lowest BCUT2D eigenvalue weighted by Gasteiger charge is -2.00. The number of hydrogen-bond acceptors (Lipinski definition) is 2. The van der Waals surface area contributed by atoms with E-state index in [0.29, 0.717) is 0 Å². The minimum absolute atomic E-state index is 0.386. The number of nitrogens with one attached hydrogen (secondary N) is 1. The van der Waals surface area contributed by atoms with E-state index in [1.165, 1.54) is 9.13 Å². The van der Waals surface area contributed by atoms with Crippen LogP contribution in [0.4, 0.5) is 5.69 Å². The molecule has 1 atom stereocenters. The minimum atomic E-state index is -0.386. The van der Waals surface area contributed by atoms with Crippen LogP contribution >= 0.6 is 22.6 Å². The van der Waals surface area contributed by atoms with Crippen LogP contribution in [0.25, 0.3) is 0 Å². The van der Waals surface area contributed by atoms with Crippen LogP contribution in [0.5, 0.6) is 0 Å². The van der Waals surface area contributed by atoms with Crippen LogP contribution in [0.15, 0.2) is 18.2 Å². The number of anilines is 1. The van der Waals surface area contributed by atoms with Gasteiger partial charge in [-0.2, -0.15) is 0 Å². The van der Waals surface area contributed by atoms with E-state index in [1.54, 1.807) is 0 Å². The molecule has 1 aliphatic rings. The molecule has 1 heterocycles. The molecule has 1 aromatic carbocycles. The van der Waals surface area contributed by atoms with Crippen LogP contribution in [-0.2, 0) is 6.42 Å². The van der Waals surface area contributed by atoms with Gasteiger partial charge in [-0.05, 0) is 46.4 Å². The van der Waals surface area contributed by atoms with Crippen molar-refractivity contribution in [3.05, 3.63) is 27.3 Å². The summed E-state index contributed by atoms with van der Waals surface area (Å²) in [5.41, 5.74) is 2.28. The lowest BCUT2D eigenvalue weighted by Crippen LogP contribution is -2.12. The standard InChI is InChI=1S/C8H8INO/c9-6-1-2-7-5(3-6)4-8(11)10-7/h1-3,8,10-11H,4H2. The van der Waals surface area contributed by atoms with Gasteiger partial charge in [-0.25, -0.2) is 0 Å². The first-order valence-electron chi connectivity index (χ1n) is 3.49. The summed E-state index contributed by atoms with van der Waals surface area (Å²) in [6, 6.07) is 6.14. The normalized spacial score (nSPS) is 21.1. The number of halogens is 1. The molecule has 0 bridgehead atoms. The fourth-order valence-electron chi connectivity index (χ4n) is 1.31. The molecule has 0 saturated carbocycles. The number of aliphatic hydroxyl groups is 1. The van der Waals surface area contributed by atoms with E-state index in [1.807, 2.05) is 12.1 Å². The molecule has 0 radical (unpaired) electrons. The second-order valence-electron chi connectivity index (χ2n) is 2.67. The molecule has 1 aromatic rings. The summed E-state index contributed by atoms with van der Waals surface area (Å²) >= 11 is 2.27. The fourth-order valence-corrected chi connectivity index (χ4v) is 1.87. The summed E-state index contributed by atoms with van der Waals surface area (Å²) in [7, 11) is 0. The second kappa shape index (κ2) is 2.64. The molecule has 2 rings (SSSR count). The van der Waals surface area contributed by atoms with Crippen molar-refractivity contribution >= 4 is 28.3 Å². The zero-order chi connectivity index (χ0) is 7.84. The molecule has 3 heteroatoms. The van der Waals surface area contributed by atoms with Crippen LogP contribution in [0.2, 0.25) is 0 Å². The Kier molecular flexibility index (Phi) is 1.77. The van der Waals surface area contributed by atoms with Gasteiger partial charge in [-0.15, -0.1) is 0 Å². The highest BCUT2D eigenvalue weighted by molar-refractivity contribution is 14.1. The molecular weight excluding hydrogens is 253 g/mol. The van der Waals surface area contributed by atoms with E-state index in [9.17, 15) is 5.11 Å². The average Bonchev–Trinajstić information content (AvgIpc) is 2.27. The molecule has 0 saturated heterocycles. The third-order valence-electron chi connectivity index (χ3n) is 1.80. The second-order valence-corrected chi connectivity index (χ2v) is 3.91. The van der Waals surface area contributed by atoms with Gasteiger partial charge in [-0.1, -0.05) is 0 Å². The number of rotatable bonds is 0. The van der Waals surface area contributed by atoms with Crippen molar-refractivity contribution < 1.29 is 5.11 Å². The Morgan fingerprint density at radius 3 is 3.18 bits per heavy atom. The SMILES string of the molecule is OC1Cc2cc(I)ccc2N1. The number of aliphatic hydroxyl groups excluding tert-OH is 1. The third kappa shape index (κ3) is 1.35. The molecule has 1 unspecified atom stereocenters. The first kappa shape index (κ1) is 7.36. The van der Waals surface area contributed by atoms with Gasteiger partial charge in [0.1, 0.15) is 6.23 Å². The number of benzene rings is 1. The average molecular weight is 261 g/mol. The number of hydrogen-bond donors (Lipinski definition) is 2. The molecule has 0 fully saturated rings. The summed E-state index contributed by atoms with van der Waals surface area (Å²) in [5.74, 6) is 0. The fraction of sp³-hybridized carbons (Fsp3) is 0.250. The van der Waals surface area contributed by atoms with Crippen molar-refractivity contribution in [2.45, 2.75) is 12.6 Å². The molecule has 11 heavy (non-hydrogen) atoms. The predicted molar refractivity (Wildman–Crippen MR) is 52.5 cm³/mol. The van der Waals surface area contributed by atoms with Crippen LogP contribution in [0.3, 0.4) is 0 Å². The van der Waals surface area contributed by atoms with E-state index >= 15 is 0 Å². The maximum atomic E-state index is 9.23. The first-order chi connectivity index (χ1) is 5.25. The van der Waals surface area contributed by atoms with E-state index < -0.39 is 0 Å². The number of fused-ring (bicyclic) bond motifs is 1. The molecule has 0 amide bonds. The van der Waals surface area contributed by atoms with Crippen LogP contribution in [-0.4, -0.2) is 11.3 Å². The largest absolute Gasteiger partial charge is 0.373 e. The van der Waals surface area contributed by atoms with E-state index in [-0.39, 0.29) is 6.23 Å². The maximum Gasteiger partial charge on any atom is 0.128 e. The van der Waals surface area contributed by atoms with Crippen LogP contribution in [0.1, 0.15) is 5.56 Å². The van der Waals surface area contributed by atoms with Crippen LogP contribution < -0.4 is 5.32 Å². The van der Waals surface area contributed by atoms with Gasteiger partial charge in [0, 0.05) is 15.7 Å². The highest BCUT2D eigenvalue weighted by Gasteiger charge is 2.17. The topological polar surface area (TPSA) is 32.3 Å². The summed E-state index contributed by atoms with van der Waals surface area (Å²) in [5, 5.41) is 12.2. The molecule has 2 nitrogen and oxygen atoms in total. The van der Waals surface area contributed by atoms with Crippen LogP contribution in [0, 0.1) is 3.57 Å². The highest BCUT2D eigenvalue weighted by atomic mass is 127. The summed E-state index contributed by atoms with van der Waals surface area (Å²) in [6.07, 6.45) is 0.342. The van der Waals surface area contributed by atoms with Gasteiger partial charge in [0.25, 0.3) is 0 Å². The van der Waals surface area contributed by atoms with E-state index in [4.69, 9.17) is 0 Å². The van der Waals surface area contributed by atoms with Crippen molar-refractivity contribution in [2.24, 2.45) is 0 Å². The van der Waals surface area contributed by atoms with Crippen molar-refractivity contribution in [1.29, 1.82) is 0 Å². The minimum Gasteiger partial charge on any atom is -0.373 e. The zero-order valence-electron chi connectivity index (χ0n) is 5.84. The molecule has 1 aliphatic heterocycles. The van der Waals surface area contributed by atoms with Crippen molar-refractivity contribution in [3.63, 3.8) is 0 Å². The third-order valence-corrected chi connectivity index (χ3v) is 2.47. The van der Waals surface area contributed by atoms with Crippen molar-refractivity contribution in [2.75, 3.05) is 5.32 Å². The molecule has 0 spiro atoms. The Labute approximate surface area is 78.8 Å². The summed E-state index contributed by atoms with van der Waals surface area (Å²) in [4.78, 5) is 0. The Hall–Kier alpha value is -0.290. The van der Waals surface area contributed by atoms with E-state index in [0.717, 1.165) is 12.1 Å². The quantitative estimate of drug-likeness (QED) is 0.695. The zero-order valence-corrected chi connectivity index (χ0v) is 8.00. The Morgan fingerprint density at radius 1 is 1.55 bits per heavy atom. The molecule has 58 valence electrons. The summed E-state index contributed by atoms with van der Waals surface area (Å²) in [6.45, 7) is 0. The summed E-state index contributed by atoms with van der Waals surface area (Å²) < 4.78 is 1.22. The Balaban J connectivity index is 2.43. The van der Waals surface area contributed by atoms with Crippen molar-refractivity contribution in [3.8, 4) is 0 Å². The maximum absolute atomic E-state index is 9.23. The van der Waals surface area contributed by atoms with Gasteiger partial charge < -0.3 is 10.4 Å².